The molecule has 0 saturated heterocycles. The van der Waals surface area contributed by atoms with Gasteiger partial charge >= 0.3 is 0 Å². The Hall–Kier alpha value is -0.860. The van der Waals surface area contributed by atoms with Gasteiger partial charge in [0.2, 0.25) is 0 Å². The van der Waals surface area contributed by atoms with Gasteiger partial charge in [0.1, 0.15) is 5.82 Å². The van der Waals surface area contributed by atoms with Crippen molar-refractivity contribution in [3.63, 3.8) is 0 Å². The largest absolute Gasteiger partial charge is 0.263 e. The molecule has 3 heteroatoms. The van der Waals surface area contributed by atoms with Crippen molar-refractivity contribution in [2.24, 2.45) is 0 Å². The molecule has 84 valence electrons. The molecule has 0 radical (unpaired) electrons. The Labute approximate surface area is 91.7 Å². The first-order valence-corrected chi connectivity index (χ1v) is 6.25. The van der Waals surface area contributed by atoms with E-state index in [-0.39, 0.29) is 0 Å². The summed E-state index contributed by atoms with van der Waals surface area (Å²) in [5, 5.41) is 7.26. The molecule has 1 aliphatic carbocycles. The van der Waals surface area contributed by atoms with Crippen LogP contribution in [0.4, 0.5) is 0 Å². The van der Waals surface area contributed by atoms with E-state index in [2.05, 4.69) is 15.2 Å². The summed E-state index contributed by atoms with van der Waals surface area (Å²) in [4.78, 5) is 4.47. The molecule has 0 aromatic carbocycles. The van der Waals surface area contributed by atoms with Crippen molar-refractivity contribution < 1.29 is 0 Å². The number of aromatic amines is 1. The van der Waals surface area contributed by atoms with Crippen LogP contribution in [0.1, 0.15) is 68.9 Å². The highest BCUT2D eigenvalue weighted by atomic mass is 15.2. The molecule has 0 atom stereocenters. The van der Waals surface area contributed by atoms with Gasteiger partial charge in [0.05, 0.1) is 0 Å². The Morgan fingerprint density at radius 2 is 1.60 bits per heavy atom. The second kappa shape index (κ2) is 5.29. The molecular weight excluding hydrogens is 186 g/mol. The standard InChI is InChI=1S/C12H21N3/c1-10-13-12(15-14-10)11-8-6-4-2-3-5-7-9-11/h11H,2-9H2,1H3,(H,13,14,15). The van der Waals surface area contributed by atoms with Gasteiger partial charge in [0.15, 0.2) is 5.82 Å². The van der Waals surface area contributed by atoms with Gasteiger partial charge in [-0.2, -0.15) is 5.10 Å². The fraction of sp³-hybridized carbons (Fsp3) is 0.833. The third-order valence-corrected chi connectivity index (χ3v) is 3.33. The number of aryl methyl sites for hydroxylation is 1. The molecule has 1 aromatic rings. The molecule has 1 saturated carbocycles. The molecule has 0 amide bonds. The summed E-state index contributed by atoms with van der Waals surface area (Å²) in [5.41, 5.74) is 0. The lowest BCUT2D eigenvalue weighted by Crippen LogP contribution is -2.01. The molecule has 0 spiro atoms. The van der Waals surface area contributed by atoms with Crippen molar-refractivity contribution in [2.75, 3.05) is 0 Å². The Bertz CT molecular complexity index is 283. The summed E-state index contributed by atoms with van der Waals surface area (Å²) in [6, 6.07) is 0. The van der Waals surface area contributed by atoms with Crippen LogP contribution in [0.25, 0.3) is 0 Å². The van der Waals surface area contributed by atoms with Gasteiger partial charge in [-0.05, 0) is 19.8 Å². The number of aromatic nitrogens is 3. The number of hydrogen-bond acceptors (Lipinski definition) is 2. The zero-order valence-corrected chi connectivity index (χ0v) is 9.63. The molecule has 0 bridgehead atoms. The van der Waals surface area contributed by atoms with E-state index in [4.69, 9.17) is 0 Å². The molecule has 1 N–H and O–H groups in total. The SMILES string of the molecule is Cc1nc(C2CCCCCCCC2)n[nH]1. The summed E-state index contributed by atoms with van der Waals surface area (Å²) in [6.07, 6.45) is 10.9. The van der Waals surface area contributed by atoms with Gasteiger partial charge in [0, 0.05) is 5.92 Å². The maximum absolute atomic E-state index is 4.47. The lowest BCUT2D eigenvalue weighted by atomic mass is 9.96. The summed E-state index contributed by atoms with van der Waals surface area (Å²) in [5.74, 6) is 2.60. The van der Waals surface area contributed by atoms with Crippen LogP contribution in [0.2, 0.25) is 0 Å². The third-order valence-electron chi connectivity index (χ3n) is 3.33. The van der Waals surface area contributed by atoms with Crippen molar-refractivity contribution in [2.45, 2.75) is 64.2 Å². The quantitative estimate of drug-likeness (QED) is 0.767. The van der Waals surface area contributed by atoms with Gasteiger partial charge in [0.25, 0.3) is 0 Å². The average Bonchev–Trinajstić information content (AvgIpc) is 2.69. The van der Waals surface area contributed by atoms with Crippen molar-refractivity contribution >= 4 is 0 Å². The van der Waals surface area contributed by atoms with E-state index in [1.54, 1.807) is 0 Å². The summed E-state index contributed by atoms with van der Waals surface area (Å²) in [7, 11) is 0. The van der Waals surface area contributed by atoms with E-state index in [1.807, 2.05) is 6.92 Å². The normalized spacial score (nSPS) is 20.6. The van der Waals surface area contributed by atoms with Gasteiger partial charge in [-0.25, -0.2) is 4.98 Å². The van der Waals surface area contributed by atoms with Crippen LogP contribution in [0.5, 0.6) is 0 Å². The minimum atomic E-state index is 0.605. The Balaban J connectivity index is 1.98. The van der Waals surface area contributed by atoms with Gasteiger partial charge < -0.3 is 0 Å². The number of nitrogens with one attached hydrogen (secondary N) is 1. The Kier molecular flexibility index (Phi) is 3.75. The van der Waals surface area contributed by atoms with Crippen LogP contribution < -0.4 is 0 Å². The second-order valence-electron chi connectivity index (χ2n) is 4.67. The lowest BCUT2D eigenvalue weighted by molar-refractivity contribution is 0.517. The van der Waals surface area contributed by atoms with Crippen molar-refractivity contribution in [3.05, 3.63) is 11.6 Å². The maximum atomic E-state index is 4.47. The van der Waals surface area contributed by atoms with Crippen molar-refractivity contribution in [1.82, 2.24) is 15.2 Å². The molecule has 1 aromatic heterocycles. The third kappa shape index (κ3) is 3.05. The summed E-state index contributed by atoms with van der Waals surface area (Å²) in [6.45, 7) is 1.98. The fourth-order valence-electron chi connectivity index (χ4n) is 2.43. The van der Waals surface area contributed by atoms with Crippen LogP contribution >= 0.6 is 0 Å². The van der Waals surface area contributed by atoms with Gasteiger partial charge in [-0.3, -0.25) is 5.10 Å². The fourth-order valence-corrected chi connectivity index (χ4v) is 2.43. The molecule has 1 aliphatic rings. The zero-order chi connectivity index (χ0) is 10.5. The highest BCUT2D eigenvalue weighted by molar-refractivity contribution is 4.96. The molecule has 0 unspecified atom stereocenters. The lowest BCUT2D eigenvalue weighted by Gasteiger charge is -2.11. The van der Waals surface area contributed by atoms with E-state index < -0.39 is 0 Å². The molecule has 0 aliphatic heterocycles. The number of rotatable bonds is 1. The van der Waals surface area contributed by atoms with Gasteiger partial charge in [-0.1, -0.05) is 38.5 Å². The van der Waals surface area contributed by atoms with Crippen LogP contribution in [0.3, 0.4) is 0 Å². The molecule has 2 rings (SSSR count). The average molecular weight is 207 g/mol. The highest BCUT2D eigenvalue weighted by Crippen LogP contribution is 2.28. The predicted octanol–water partition coefficient (Wildman–Crippen LogP) is 3.33. The molecule has 15 heavy (non-hydrogen) atoms. The highest BCUT2D eigenvalue weighted by Gasteiger charge is 2.16. The van der Waals surface area contributed by atoms with Gasteiger partial charge in [-0.15, -0.1) is 0 Å². The monoisotopic (exact) mass is 207 g/mol. The van der Waals surface area contributed by atoms with E-state index in [9.17, 15) is 0 Å². The molecule has 3 nitrogen and oxygen atoms in total. The van der Waals surface area contributed by atoms with E-state index >= 15 is 0 Å². The van der Waals surface area contributed by atoms with Crippen molar-refractivity contribution in [3.8, 4) is 0 Å². The molecule has 1 fully saturated rings. The van der Waals surface area contributed by atoms with Crippen molar-refractivity contribution in [1.29, 1.82) is 0 Å². The first kappa shape index (κ1) is 10.7. The first-order valence-electron chi connectivity index (χ1n) is 6.25. The number of hydrogen-bond donors (Lipinski definition) is 1. The summed E-state index contributed by atoms with van der Waals surface area (Å²) >= 11 is 0. The van der Waals surface area contributed by atoms with Crippen LogP contribution in [-0.2, 0) is 0 Å². The number of H-pyrrole nitrogens is 1. The smallest absolute Gasteiger partial charge is 0.153 e. The van der Waals surface area contributed by atoms with E-state index in [0.29, 0.717) is 5.92 Å². The minimum Gasteiger partial charge on any atom is -0.263 e. The topological polar surface area (TPSA) is 41.6 Å². The minimum absolute atomic E-state index is 0.605. The Morgan fingerprint density at radius 3 is 2.13 bits per heavy atom. The van der Waals surface area contributed by atoms with E-state index in [1.165, 1.54) is 51.4 Å². The second-order valence-corrected chi connectivity index (χ2v) is 4.67. The summed E-state index contributed by atoms with van der Waals surface area (Å²) < 4.78 is 0. The van der Waals surface area contributed by atoms with E-state index in [0.717, 1.165) is 11.6 Å². The Morgan fingerprint density at radius 1 is 1.00 bits per heavy atom. The molecular formula is C12H21N3. The maximum Gasteiger partial charge on any atom is 0.153 e. The zero-order valence-electron chi connectivity index (χ0n) is 9.63. The molecule has 1 heterocycles. The van der Waals surface area contributed by atoms with Crippen LogP contribution in [0.15, 0.2) is 0 Å². The van der Waals surface area contributed by atoms with Crippen LogP contribution in [0, 0.1) is 6.92 Å². The first-order chi connectivity index (χ1) is 7.36. The van der Waals surface area contributed by atoms with Crippen LogP contribution in [-0.4, -0.2) is 15.2 Å². The predicted molar refractivity (Wildman–Crippen MR) is 60.8 cm³/mol. The number of nitrogens with zero attached hydrogens (tertiary/aromatic N) is 2.